The minimum absolute atomic E-state index is 0.176. The Hall–Kier alpha value is -1.79. The van der Waals surface area contributed by atoms with E-state index in [1.807, 2.05) is 0 Å². The Morgan fingerprint density at radius 2 is 2.26 bits per heavy atom. The lowest BCUT2D eigenvalue weighted by molar-refractivity contribution is 0.0776. The first kappa shape index (κ1) is 13.6. The standard InChI is InChI=1S/C13H19N3O3/c1-18-12-4-2-10(3-5-12)16-13(17)15-8-11-9-19-7-6-14-11/h2-5,11,14H,6-9H2,1H3,(H2,15,16,17). The summed E-state index contributed by atoms with van der Waals surface area (Å²) in [5.74, 6) is 0.759. The fourth-order valence-corrected chi connectivity index (χ4v) is 1.82. The van der Waals surface area contributed by atoms with Gasteiger partial charge in [-0.2, -0.15) is 0 Å². The number of hydrogen-bond donors (Lipinski definition) is 3. The van der Waals surface area contributed by atoms with E-state index in [2.05, 4.69) is 16.0 Å². The average molecular weight is 265 g/mol. The third-order valence-corrected chi connectivity index (χ3v) is 2.86. The lowest BCUT2D eigenvalue weighted by Crippen LogP contribution is -2.49. The highest BCUT2D eigenvalue weighted by Crippen LogP contribution is 2.14. The van der Waals surface area contributed by atoms with Gasteiger partial charge in [-0.15, -0.1) is 0 Å². The maximum absolute atomic E-state index is 11.7. The zero-order chi connectivity index (χ0) is 13.5. The molecule has 1 fully saturated rings. The summed E-state index contributed by atoms with van der Waals surface area (Å²) >= 11 is 0. The van der Waals surface area contributed by atoms with Crippen LogP contribution in [0.1, 0.15) is 0 Å². The molecule has 104 valence electrons. The van der Waals surface area contributed by atoms with Crippen LogP contribution in [0.4, 0.5) is 10.5 Å². The number of rotatable bonds is 4. The number of amides is 2. The first-order chi connectivity index (χ1) is 9.28. The van der Waals surface area contributed by atoms with Crippen LogP contribution >= 0.6 is 0 Å². The molecule has 6 nitrogen and oxygen atoms in total. The predicted molar refractivity (Wildman–Crippen MR) is 72.6 cm³/mol. The Bertz CT molecular complexity index is 402. The second-order valence-electron chi connectivity index (χ2n) is 4.29. The van der Waals surface area contributed by atoms with Crippen molar-refractivity contribution in [3.8, 4) is 5.75 Å². The molecular weight excluding hydrogens is 246 g/mol. The number of nitrogens with one attached hydrogen (secondary N) is 3. The van der Waals surface area contributed by atoms with Gasteiger partial charge in [-0.25, -0.2) is 4.79 Å². The third kappa shape index (κ3) is 4.42. The highest BCUT2D eigenvalue weighted by Gasteiger charge is 2.13. The molecule has 2 rings (SSSR count). The zero-order valence-electron chi connectivity index (χ0n) is 10.9. The molecular formula is C13H19N3O3. The first-order valence-electron chi connectivity index (χ1n) is 6.28. The minimum atomic E-state index is -0.224. The fourth-order valence-electron chi connectivity index (χ4n) is 1.82. The average Bonchev–Trinajstić information content (AvgIpc) is 2.47. The van der Waals surface area contributed by atoms with Gasteiger partial charge in [0.05, 0.1) is 20.3 Å². The van der Waals surface area contributed by atoms with Crippen LogP contribution in [0.15, 0.2) is 24.3 Å². The smallest absolute Gasteiger partial charge is 0.319 e. The number of carbonyl (C=O) groups excluding carboxylic acids is 1. The van der Waals surface area contributed by atoms with Crippen LogP contribution in [0.25, 0.3) is 0 Å². The van der Waals surface area contributed by atoms with Gasteiger partial charge in [0.1, 0.15) is 5.75 Å². The van der Waals surface area contributed by atoms with Gasteiger partial charge in [-0.05, 0) is 24.3 Å². The molecule has 1 unspecified atom stereocenters. The SMILES string of the molecule is COc1ccc(NC(=O)NCC2COCCN2)cc1. The molecule has 1 aromatic carbocycles. The van der Waals surface area contributed by atoms with Gasteiger partial charge in [0.2, 0.25) is 0 Å². The van der Waals surface area contributed by atoms with Gasteiger partial charge in [0, 0.05) is 24.8 Å². The van der Waals surface area contributed by atoms with Gasteiger partial charge < -0.3 is 25.4 Å². The molecule has 19 heavy (non-hydrogen) atoms. The zero-order valence-corrected chi connectivity index (χ0v) is 10.9. The van der Waals surface area contributed by atoms with Crippen LogP contribution < -0.4 is 20.7 Å². The number of carbonyl (C=O) groups is 1. The summed E-state index contributed by atoms with van der Waals surface area (Å²) in [6, 6.07) is 7.13. The van der Waals surface area contributed by atoms with E-state index >= 15 is 0 Å². The molecule has 1 aliphatic rings. The van der Waals surface area contributed by atoms with E-state index in [9.17, 15) is 4.79 Å². The molecule has 3 N–H and O–H groups in total. The Morgan fingerprint density at radius 3 is 2.89 bits per heavy atom. The van der Waals surface area contributed by atoms with Gasteiger partial charge in [0.25, 0.3) is 0 Å². The quantitative estimate of drug-likeness (QED) is 0.753. The van der Waals surface area contributed by atoms with Crippen molar-refractivity contribution in [1.82, 2.24) is 10.6 Å². The van der Waals surface area contributed by atoms with Crippen molar-refractivity contribution in [1.29, 1.82) is 0 Å². The van der Waals surface area contributed by atoms with Crippen LogP contribution in [0.5, 0.6) is 5.75 Å². The Kier molecular flexibility index (Phi) is 5.00. The summed E-state index contributed by atoms with van der Waals surface area (Å²) in [5.41, 5.74) is 0.728. The van der Waals surface area contributed by atoms with Crippen molar-refractivity contribution in [3.63, 3.8) is 0 Å². The second kappa shape index (κ2) is 6.96. The van der Waals surface area contributed by atoms with Crippen molar-refractivity contribution in [3.05, 3.63) is 24.3 Å². The van der Waals surface area contributed by atoms with Crippen molar-refractivity contribution in [2.75, 3.05) is 38.7 Å². The van der Waals surface area contributed by atoms with E-state index in [1.165, 1.54) is 0 Å². The van der Waals surface area contributed by atoms with E-state index in [-0.39, 0.29) is 12.1 Å². The number of morpholine rings is 1. The molecule has 0 bridgehead atoms. The number of methoxy groups -OCH3 is 1. The molecule has 0 aliphatic carbocycles. The maximum Gasteiger partial charge on any atom is 0.319 e. The topological polar surface area (TPSA) is 71.6 Å². The lowest BCUT2D eigenvalue weighted by Gasteiger charge is -2.23. The molecule has 0 spiro atoms. The predicted octanol–water partition coefficient (Wildman–Crippen LogP) is 0.805. The molecule has 1 aliphatic heterocycles. The number of benzene rings is 1. The van der Waals surface area contributed by atoms with Gasteiger partial charge >= 0.3 is 6.03 Å². The molecule has 6 heteroatoms. The molecule has 1 aromatic rings. The number of urea groups is 1. The molecule has 1 saturated heterocycles. The summed E-state index contributed by atoms with van der Waals surface area (Å²) < 4.78 is 10.4. The third-order valence-electron chi connectivity index (χ3n) is 2.86. The van der Waals surface area contributed by atoms with Crippen LogP contribution in [0.3, 0.4) is 0 Å². The normalized spacial score (nSPS) is 18.7. The van der Waals surface area contributed by atoms with Crippen LogP contribution in [0, 0.1) is 0 Å². The van der Waals surface area contributed by atoms with Crippen LogP contribution in [-0.4, -0.2) is 45.5 Å². The highest BCUT2D eigenvalue weighted by molar-refractivity contribution is 5.89. The lowest BCUT2D eigenvalue weighted by atomic mass is 10.3. The Balaban J connectivity index is 1.73. The van der Waals surface area contributed by atoms with E-state index < -0.39 is 0 Å². The molecule has 0 saturated carbocycles. The summed E-state index contributed by atoms with van der Waals surface area (Å²) in [6.45, 7) is 2.73. The summed E-state index contributed by atoms with van der Waals surface area (Å²) in [5, 5.41) is 8.83. The number of ether oxygens (including phenoxy) is 2. The summed E-state index contributed by atoms with van der Waals surface area (Å²) in [4.78, 5) is 11.7. The Labute approximate surface area is 112 Å². The molecule has 2 amide bonds. The minimum Gasteiger partial charge on any atom is -0.497 e. The van der Waals surface area contributed by atoms with Crippen LogP contribution in [0.2, 0.25) is 0 Å². The molecule has 0 radical (unpaired) electrons. The maximum atomic E-state index is 11.7. The largest absolute Gasteiger partial charge is 0.497 e. The van der Waals surface area contributed by atoms with Gasteiger partial charge in [-0.1, -0.05) is 0 Å². The van der Waals surface area contributed by atoms with Crippen molar-refractivity contribution in [2.45, 2.75) is 6.04 Å². The monoisotopic (exact) mass is 265 g/mol. The van der Waals surface area contributed by atoms with Gasteiger partial charge in [0.15, 0.2) is 0 Å². The highest BCUT2D eigenvalue weighted by atomic mass is 16.5. The number of anilines is 1. The van der Waals surface area contributed by atoms with Crippen LogP contribution in [-0.2, 0) is 4.74 Å². The second-order valence-corrected chi connectivity index (χ2v) is 4.29. The molecule has 1 heterocycles. The van der Waals surface area contributed by atoms with E-state index in [0.717, 1.165) is 24.6 Å². The van der Waals surface area contributed by atoms with E-state index in [4.69, 9.17) is 9.47 Å². The van der Waals surface area contributed by atoms with Crippen molar-refractivity contribution < 1.29 is 14.3 Å². The summed E-state index contributed by atoms with van der Waals surface area (Å²) in [6.07, 6.45) is 0. The Morgan fingerprint density at radius 1 is 1.47 bits per heavy atom. The molecule has 1 atom stereocenters. The van der Waals surface area contributed by atoms with Gasteiger partial charge in [-0.3, -0.25) is 0 Å². The first-order valence-corrected chi connectivity index (χ1v) is 6.28. The van der Waals surface area contributed by atoms with Crippen molar-refractivity contribution in [2.24, 2.45) is 0 Å². The summed E-state index contributed by atoms with van der Waals surface area (Å²) in [7, 11) is 1.61. The fraction of sp³-hybridized carbons (Fsp3) is 0.462. The number of hydrogen-bond acceptors (Lipinski definition) is 4. The van der Waals surface area contributed by atoms with Crippen molar-refractivity contribution >= 4 is 11.7 Å². The van der Waals surface area contributed by atoms with E-state index in [0.29, 0.717) is 13.2 Å². The molecule has 0 aromatic heterocycles. The van der Waals surface area contributed by atoms with E-state index in [1.54, 1.807) is 31.4 Å².